The lowest BCUT2D eigenvalue weighted by molar-refractivity contribution is -0.140. The molecule has 0 atom stereocenters. The predicted molar refractivity (Wildman–Crippen MR) is 78.3 cm³/mol. The zero-order chi connectivity index (χ0) is 14.4. The van der Waals surface area contributed by atoms with Gasteiger partial charge in [0.05, 0.1) is 19.9 Å². The van der Waals surface area contributed by atoms with Gasteiger partial charge in [-0.2, -0.15) is 11.8 Å². The van der Waals surface area contributed by atoms with Crippen LogP contribution in [0.5, 0.6) is 0 Å². The van der Waals surface area contributed by atoms with E-state index >= 15 is 0 Å². The number of rotatable bonds is 7. The summed E-state index contributed by atoms with van der Waals surface area (Å²) in [6.45, 7) is 0.818. The van der Waals surface area contributed by atoms with Crippen LogP contribution in [0.4, 0.5) is 5.82 Å². The molecule has 0 saturated heterocycles. The molecule has 0 aliphatic rings. The molecular formula is C12H17N5O2S. The van der Waals surface area contributed by atoms with Gasteiger partial charge in [0.1, 0.15) is 11.8 Å². The zero-order valence-corrected chi connectivity index (χ0v) is 12.1. The first-order valence-corrected chi connectivity index (χ1v) is 7.43. The summed E-state index contributed by atoms with van der Waals surface area (Å²) in [5.74, 6) is 2.00. The lowest BCUT2D eigenvalue weighted by Crippen LogP contribution is -2.03. The fourth-order valence-electron chi connectivity index (χ4n) is 1.76. The predicted octanol–water partition coefficient (Wildman–Crippen LogP) is 1.09. The molecule has 7 nitrogen and oxygen atoms in total. The summed E-state index contributed by atoms with van der Waals surface area (Å²) in [5, 5.41) is 0. The van der Waals surface area contributed by atoms with E-state index in [4.69, 9.17) is 5.73 Å². The number of ether oxygens (including phenoxy) is 1. The van der Waals surface area contributed by atoms with Gasteiger partial charge in [-0.15, -0.1) is 0 Å². The van der Waals surface area contributed by atoms with Crippen LogP contribution in [0.25, 0.3) is 11.2 Å². The zero-order valence-electron chi connectivity index (χ0n) is 11.3. The summed E-state index contributed by atoms with van der Waals surface area (Å²) in [7, 11) is 1.41. The Kier molecular flexibility index (Phi) is 5.16. The highest BCUT2D eigenvalue weighted by atomic mass is 32.2. The van der Waals surface area contributed by atoms with Crippen molar-refractivity contribution in [3.63, 3.8) is 0 Å². The monoisotopic (exact) mass is 295 g/mol. The molecule has 0 saturated carbocycles. The van der Waals surface area contributed by atoms with E-state index in [0.29, 0.717) is 17.8 Å². The van der Waals surface area contributed by atoms with Crippen LogP contribution in [0.1, 0.15) is 12.8 Å². The lowest BCUT2D eigenvalue weighted by atomic mass is 10.4. The van der Waals surface area contributed by atoms with Crippen LogP contribution in [-0.4, -0.2) is 44.1 Å². The third kappa shape index (κ3) is 3.60. The van der Waals surface area contributed by atoms with Gasteiger partial charge in [-0.25, -0.2) is 15.0 Å². The van der Waals surface area contributed by atoms with Gasteiger partial charge < -0.3 is 15.0 Å². The molecule has 0 unspecified atom stereocenters. The molecule has 0 spiro atoms. The van der Waals surface area contributed by atoms with Gasteiger partial charge in [0.2, 0.25) is 0 Å². The Bertz CT molecular complexity index is 586. The summed E-state index contributed by atoms with van der Waals surface area (Å²) in [5.41, 5.74) is 7.14. The number of nitrogens with zero attached hydrogens (tertiary/aromatic N) is 4. The number of methoxy groups -OCH3 is 1. The molecule has 0 aromatic carbocycles. The Labute approximate surface area is 120 Å². The Morgan fingerprint density at radius 2 is 2.25 bits per heavy atom. The number of carbonyl (C=O) groups excluding carboxylic acids is 1. The average Bonchev–Trinajstić information content (AvgIpc) is 2.87. The van der Waals surface area contributed by atoms with Gasteiger partial charge in [-0.1, -0.05) is 0 Å². The third-order valence-electron chi connectivity index (χ3n) is 2.80. The van der Waals surface area contributed by atoms with E-state index in [0.717, 1.165) is 30.1 Å². The number of nitrogen functional groups attached to an aromatic ring is 1. The molecular weight excluding hydrogens is 278 g/mol. The second-order valence-electron chi connectivity index (χ2n) is 4.16. The van der Waals surface area contributed by atoms with Gasteiger partial charge in [-0.3, -0.25) is 4.79 Å². The van der Waals surface area contributed by atoms with Crippen molar-refractivity contribution in [3.05, 3.63) is 12.7 Å². The maximum atomic E-state index is 10.9. The van der Waals surface area contributed by atoms with Crippen LogP contribution in [-0.2, 0) is 16.1 Å². The van der Waals surface area contributed by atoms with Crippen LogP contribution in [0.15, 0.2) is 12.7 Å². The number of nitrogens with two attached hydrogens (primary N) is 1. The molecule has 108 valence electrons. The first kappa shape index (κ1) is 14.6. The molecule has 20 heavy (non-hydrogen) atoms. The van der Waals surface area contributed by atoms with Crippen molar-refractivity contribution in [1.29, 1.82) is 0 Å². The Balaban J connectivity index is 1.76. The fraction of sp³-hybridized carbons (Fsp3) is 0.500. The summed E-state index contributed by atoms with van der Waals surface area (Å²) in [6, 6.07) is 0. The number of carbonyl (C=O) groups is 1. The molecule has 2 aromatic heterocycles. The molecule has 0 amide bonds. The van der Waals surface area contributed by atoms with E-state index in [2.05, 4.69) is 19.7 Å². The number of imidazole rings is 1. The number of aryl methyl sites for hydroxylation is 1. The van der Waals surface area contributed by atoms with Gasteiger partial charge >= 0.3 is 5.97 Å². The van der Waals surface area contributed by atoms with E-state index in [1.54, 1.807) is 18.1 Å². The summed E-state index contributed by atoms with van der Waals surface area (Å²) < 4.78 is 6.55. The number of esters is 1. The SMILES string of the molecule is COC(=O)CCSCCCn1cnc2c(N)ncnc21. The minimum absolute atomic E-state index is 0.162. The summed E-state index contributed by atoms with van der Waals surface area (Å²) in [6.07, 6.45) is 4.61. The second-order valence-corrected chi connectivity index (χ2v) is 5.39. The molecule has 2 N–H and O–H groups in total. The fourth-order valence-corrected chi connectivity index (χ4v) is 2.61. The van der Waals surface area contributed by atoms with E-state index in [1.807, 2.05) is 4.57 Å². The smallest absolute Gasteiger partial charge is 0.306 e. The van der Waals surface area contributed by atoms with E-state index < -0.39 is 0 Å². The van der Waals surface area contributed by atoms with Crippen molar-refractivity contribution in [2.45, 2.75) is 19.4 Å². The van der Waals surface area contributed by atoms with Crippen LogP contribution in [0.2, 0.25) is 0 Å². The molecule has 2 rings (SSSR count). The quantitative estimate of drug-likeness (QED) is 0.603. The summed E-state index contributed by atoms with van der Waals surface area (Å²) >= 11 is 1.74. The largest absolute Gasteiger partial charge is 0.469 e. The van der Waals surface area contributed by atoms with E-state index in [9.17, 15) is 4.79 Å². The van der Waals surface area contributed by atoms with Gasteiger partial charge in [0, 0.05) is 12.3 Å². The molecule has 2 heterocycles. The number of fused-ring (bicyclic) bond motifs is 1. The number of hydrogen-bond donors (Lipinski definition) is 1. The van der Waals surface area contributed by atoms with Crippen molar-refractivity contribution in [2.75, 3.05) is 24.3 Å². The molecule has 0 aliphatic carbocycles. The van der Waals surface area contributed by atoms with Crippen molar-refractivity contribution in [1.82, 2.24) is 19.5 Å². The summed E-state index contributed by atoms with van der Waals surface area (Å²) in [4.78, 5) is 23.2. The topological polar surface area (TPSA) is 95.9 Å². The van der Waals surface area contributed by atoms with E-state index in [1.165, 1.54) is 13.4 Å². The van der Waals surface area contributed by atoms with Crippen molar-refractivity contribution in [2.24, 2.45) is 0 Å². The van der Waals surface area contributed by atoms with Crippen molar-refractivity contribution in [3.8, 4) is 0 Å². The first-order valence-electron chi connectivity index (χ1n) is 6.28. The maximum Gasteiger partial charge on any atom is 0.306 e. The molecule has 8 heteroatoms. The normalized spacial score (nSPS) is 10.8. The van der Waals surface area contributed by atoms with Crippen LogP contribution < -0.4 is 5.73 Å². The highest BCUT2D eigenvalue weighted by Crippen LogP contribution is 2.15. The molecule has 0 radical (unpaired) electrons. The van der Waals surface area contributed by atoms with Gasteiger partial charge in [0.25, 0.3) is 0 Å². The van der Waals surface area contributed by atoms with Gasteiger partial charge in [-0.05, 0) is 12.2 Å². The maximum absolute atomic E-state index is 10.9. The Morgan fingerprint density at radius 3 is 3.05 bits per heavy atom. The average molecular weight is 295 g/mol. The minimum Gasteiger partial charge on any atom is -0.469 e. The van der Waals surface area contributed by atoms with Crippen LogP contribution in [0.3, 0.4) is 0 Å². The van der Waals surface area contributed by atoms with Crippen LogP contribution in [0, 0.1) is 0 Å². The third-order valence-corrected chi connectivity index (χ3v) is 3.87. The molecule has 0 fully saturated rings. The number of hydrogen-bond acceptors (Lipinski definition) is 7. The van der Waals surface area contributed by atoms with Crippen molar-refractivity contribution < 1.29 is 9.53 Å². The van der Waals surface area contributed by atoms with E-state index in [-0.39, 0.29) is 5.97 Å². The number of aromatic nitrogens is 4. The van der Waals surface area contributed by atoms with Crippen molar-refractivity contribution >= 4 is 34.7 Å². The lowest BCUT2D eigenvalue weighted by Gasteiger charge is -2.04. The minimum atomic E-state index is -0.162. The molecule has 0 bridgehead atoms. The Morgan fingerprint density at radius 1 is 1.40 bits per heavy atom. The first-order chi connectivity index (χ1) is 9.72. The number of anilines is 1. The number of thioether (sulfide) groups is 1. The van der Waals surface area contributed by atoms with Crippen LogP contribution >= 0.6 is 11.8 Å². The second kappa shape index (κ2) is 7.09. The highest BCUT2D eigenvalue weighted by molar-refractivity contribution is 7.99. The Hall–Kier alpha value is -1.83. The molecule has 2 aromatic rings. The molecule has 0 aliphatic heterocycles. The highest BCUT2D eigenvalue weighted by Gasteiger charge is 2.07. The van der Waals surface area contributed by atoms with Gasteiger partial charge in [0.15, 0.2) is 11.5 Å². The standard InChI is InChI=1S/C12H17N5O2S/c1-19-9(18)3-6-20-5-2-4-17-8-16-10-11(13)14-7-15-12(10)17/h7-8H,2-6H2,1H3,(H2,13,14,15).